The van der Waals surface area contributed by atoms with Crippen molar-refractivity contribution >= 4 is 5.97 Å². The Kier molecular flexibility index (Phi) is 3.77. The lowest BCUT2D eigenvalue weighted by molar-refractivity contribution is -0.140. The van der Waals surface area contributed by atoms with Gasteiger partial charge in [0.25, 0.3) is 0 Å². The van der Waals surface area contributed by atoms with Crippen molar-refractivity contribution in [2.24, 2.45) is 0 Å². The van der Waals surface area contributed by atoms with Crippen LogP contribution in [-0.4, -0.2) is 23.3 Å². The number of rotatable bonds is 4. The number of nitrogens with zero attached hydrogens (tertiary/aromatic N) is 1. The number of hydrogen-bond acceptors (Lipinski definition) is 3. The lowest BCUT2D eigenvalue weighted by atomic mass is 9.99. The average Bonchev–Trinajstić information content (AvgIpc) is 2.91. The van der Waals surface area contributed by atoms with E-state index in [0.29, 0.717) is 12.8 Å². The van der Waals surface area contributed by atoms with Gasteiger partial charge in [-0.2, -0.15) is 5.10 Å². The molecule has 4 nitrogen and oxygen atoms in total. The fourth-order valence-electron chi connectivity index (χ4n) is 1.86. The van der Waals surface area contributed by atoms with Crippen molar-refractivity contribution in [2.45, 2.75) is 19.8 Å². The topological polar surface area (TPSA) is 55.0 Å². The molecule has 1 heterocycles. The zero-order valence-electron chi connectivity index (χ0n) is 10.6. The van der Waals surface area contributed by atoms with E-state index in [1.165, 1.54) is 12.7 Å². The molecule has 0 unspecified atom stereocenters. The second kappa shape index (κ2) is 5.49. The molecule has 2 rings (SSSR count). The number of aromatic nitrogens is 2. The summed E-state index contributed by atoms with van der Waals surface area (Å²) >= 11 is 0. The highest BCUT2D eigenvalue weighted by Gasteiger charge is 2.06. The van der Waals surface area contributed by atoms with Crippen LogP contribution in [-0.2, 0) is 16.0 Å². The normalized spacial score (nSPS) is 10.3. The number of benzene rings is 1. The van der Waals surface area contributed by atoms with E-state index in [9.17, 15) is 4.79 Å². The highest BCUT2D eigenvalue weighted by Crippen LogP contribution is 2.21. The molecule has 0 fully saturated rings. The summed E-state index contributed by atoms with van der Waals surface area (Å²) in [6.07, 6.45) is 2.83. The SMILES string of the molecule is COC(=O)CCc1cc(-c2ccn[nH]2)ccc1C. The molecule has 0 radical (unpaired) electrons. The van der Waals surface area contributed by atoms with Gasteiger partial charge in [-0.15, -0.1) is 0 Å². The van der Waals surface area contributed by atoms with E-state index in [4.69, 9.17) is 0 Å². The monoisotopic (exact) mass is 244 g/mol. The van der Waals surface area contributed by atoms with Crippen LogP contribution >= 0.6 is 0 Å². The van der Waals surface area contributed by atoms with Crippen molar-refractivity contribution in [3.8, 4) is 11.3 Å². The molecule has 1 N–H and O–H groups in total. The molecule has 18 heavy (non-hydrogen) atoms. The fourth-order valence-corrected chi connectivity index (χ4v) is 1.86. The van der Waals surface area contributed by atoms with E-state index in [-0.39, 0.29) is 5.97 Å². The van der Waals surface area contributed by atoms with Crippen LogP contribution in [0.3, 0.4) is 0 Å². The van der Waals surface area contributed by atoms with Crippen LogP contribution < -0.4 is 0 Å². The Balaban J connectivity index is 2.19. The summed E-state index contributed by atoms with van der Waals surface area (Å²) in [4.78, 5) is 11.2. The Morgan fingerprint density at radius 1 is 1.39 bits per heavy atom. The summed E-state index contributed by atoms with van der Waals surface area (Å²) < 4.78 is 4.66. The van der Waals surface area contributed by atoms with Gasteiger partial charge < -0.3 is 4.74 Å². The van der Waals surface area contributed by atoms with E-state index in [1.807, 2.05) is 19.1 Å². The fraction of sp³-hybridized carbons (Fsp3) is 0.286. The number of nitrogens with one attached hydrogen (secondary N) is 1. The zero-order valence-corrected chi connectivity index (χ0v) is 10.6. The standard InChI is InChI=1S/C14H16N2O2/c1-10-3-4-12(13-7-8-15-16-13)9-11(10)5-6-14(17)18-2/h3-4,7-9H,5-6H2,1-2H3,(H,15,16). The van der Waals surface area contributed by atoms with E-state index in [0.717, 1.165) is 16.8 Å². The number of aryl methyl sites for hydroxylation is 2. The third-order valence-corrected chi connectivity index (χ3v) is 2.99. The first-order chi connectivity index (χ1) is 8.70. The first kappa shape index (κ1) is 12.4. The summed E-state index contributed by atoms with van der Waals surface area (Å²) in [5, 5.41) is 6.87. The quantitative estimate of drug-likeness (QED) is 0.841. The Bertz CT molecular complexity index is 533. The smallest absolute Gasteiger partial charge is 0.305 e. The molecular weight excluding hydrogens is 228 g/mol. The van der Waals surface area contributed by atoms with Gasteiger partial charge in [0.2, 0.25) is 0 Å². The van der Waals surface area contributed by atoms with Gasteiger partial charge in [-0.1, -0.05) is 12.1 Å². The molecule has 0 bridgehead atoms. The molecule has 0 atom stereocenters. The molecule has 0 amide bonds. The van der Waals surface area contributed by atoms with Gasteiger partial charge in [0, 0.05) is 12.6 Å². The number of carbonyl (C=O) groups excluding carboxylic acids is 1. The van der Waals surface area contributed by atoms with Crippen molar-refractivity contribution in [3.63, 3.8) is 0 Å². The van der Waals surface area contributed by atoms with Gasteiger partial charge in [0.15, 0.2) is 0 Å². The zero-order chi connectivity index (χ0) is 13.0. The van der Waals surface area contributed by atoms with Crippen LogP contribution in [0.25, 0.3) is 11.3 Å². The minimum absolute atomic E-state index is 0.179. The lowest BCUT2D eigenvalue weighted by Crippen LogP contribution is -2.03. The van der Waals surface area contributed by atoms with E-state index in [2.05, 4.69) is 27.1 Å². The molecule has 0 saturated heterocycles. The molecule has 1 aromatic heterocycles. The van der Waals surface area contributed by atoms with Gasteiger partial charge in [-0.05, 0) is 42.2 Å². The van der Waals surface area contributed by atoms with Gasteiger partial charge in [-0.3, -0.25) is 9.89 Å². The number of methoxy groups -OCH3 is 1. The van der Waals surface area contributed by atoms with E-state index < -0.39 is 0 Å². The van der Waals surface area contributed by atoms with Gasteiger partial charge in [0.1, 0.15) is 0 Å². The molecule has 0 aliphatic rings. The Labute approximate surface area is 106 Å². The Morgan fingerprint density at radius 3 is 2.89 bits per heavy atom. The summed E-state index contributed by atoms with van der Waals surface area (Å²) in [5.74, 6) is -0.179. The number of aromatic amines is 1. The maximum Gasteiger partial charge on any atom is 0.305 e. The molecule has 0 saturated carbocycles. The average molecular weight is 244 g/mol. The van der Waals surface area contributed by atoms with Crippen LogP contribution in [0.15, 0.2) is 30.5 Å². The van der Waals surface area contributed by atoms with Crippen molar-refractivity contribution < 1.29 is 9.53 Å². The summed E-state index contributed by atoms with van der Waals surface area (Å²) in [6, 6.07) is 8.12. The molecule has 0 spiro atoms. The second-order valence-corrected chi connectivity index (χ2v) is 4.19. The van der Waals surface area contributed by atoms with Crippen LogP contribution in [0.1, 0.15) is 17.5 Å². The number of carbonyl (C=O) groups is 1. The van der Waals surface area contributed by atoms with Crippen molar-refractivity contribution in [1.82, 2.24) is 10.2 Å². The van der Waals surface area contributed by atoms with Gasteiger partial charge >= 0.3 is 5.97 Å². The summed E-state index contributed by atoms with van der Waals surface area (Å²) in [6.45, 7) is 2.04. The predicted octanol–water partition coefficient (Wildman–Crippen LogP) is 2.49. The summed E-state index contributed by atoms with van der Waals surface area (Å²) in [7, 11) is 1.41. The predicted molar refractivity (Wildman–Crippen MR) is 69.1 cm³/mol. The first-order valence-corrected chi connectivity index (χ1v) is 5.87. The Morgan fingerprint density at radius 2 is 2.22 bits per heavy atom. The molecule has 2 aromatic rings. The summed E-state index contributed by atoms with van der Waals surface area (Å²) in [5.41, 5.74) is 4.40. The van der Waals surface area contributed by atoms with Crippen LogP contribution in [0.2, 0.25) is 0 Å². The number of hydrogen-bond donors (Lipinski definition) is 1. The first-order valence-electron chi connectivity index (χ1n) is 5.87. The Hall–Kier alpha value is -2.10. The highest BCUT2D eigenvalue weighted by molar-refractivity contribution is 5.70. The van der Waals surface area contributed by atoms with Crippen LogP contribution in [0.5, 0.6) is 0 Å². The van der Waals surface area contributed by atoms with Crippen LogP contribution in [0, 0.1) is 6.92 Å². The minimum atomic E-state index is -0.179. The minimum Gasteiger partial charge on any atom is -0.469 e. The molecule has 0 aliphatic carbocycles. The van der Waals surface area contributed by atoms with Crippen molar-refractivity contribution in [3.05, 3.63) is 41.6 Å². The number of ether oxygens (including phenoxy) is 1. The molecule has 0 aliphatic heterocycles. The lowest BCUT2D eigenvalue weighted by Gasteiger charge is -2.07. The van der Waals surface area contributed by atoms with Crippen molar-refractivity contribution in [1.29, 1.82) is 0 Å². The van der Waals surface area contributed by atoms with Gasteiger partial charge in [0.05, 0.1) is 12.8 Å². The third kappa shape index (κ3) is 2.77. The second-order valence-electron chi connectivity index (χ2n) is 4.19. The molecular formula is C14H16N2O2. The number of H-pyrrole nitrogens is 1. The highest BCUT2D eigenvalue weighted by atomic mass is 16.5. The van der Waals surface area contributed by atoms with Gasteiger partial charge in [-0.25, -0.2) is 0 Å². The van der Waals surface area contributed by atoms with E-state index >= 15 is 0 Å². The molecule has 4 heteroatoms. The maximum absolute atomic E-state index is 11.2. The maximum atomic E-state index is 11.2. The largest absolute Gasteiger partial charge is 0.469 e. The third-order valence-electron chi connectivity index (χ3n) is 2.99. The van der Waals surface area contributed by atoms with E-state index in [1.54, 1.807) is 6.20 Å². The van der Waals surface area contributed by atoms with Crippen LogP contribution in [0.4, 0.5) is 0 Å². The molecule has 94 valence electrons. The molecule has 1 aromatic carbocycles. The number of esters is 1. The van der Waals surface area contributed by atoms with Crippen molar-refractivity contribution in [2.75, 3.05) is 7.11 Å².